The molecule has 0 fully saturated rings. The molecule has 0 spiro atoms. The molecule has 8 heteroatoms. The Balaban J connectivity index is 4.31. The van der Waals surface area contributed by atoms with E-state index in [1.807, 2.05) is 6.92 Å². The van der Waals surface area contributed by atoms with Crippen molar-refractivity contribution in [2.24, 2.45) is 0 Å². The zero-order valence-corrected chi connectivity index (χ0v) is 14.8. The third kappa shape index (κ3) is 10.9. The van der Waals surface area contributed by atoms with E-state index < -0.39 is 24.3 Å². The van der Waals surface area contributed by atoms with E-state index in [-0.39, 0.29) is 38.6 Å². The summed E-state index contributed by atoms with van der Waals surface area (Å²) in [4.78, 5) is 10.9. The molecular weight excluding hydrogens is 320 g/mol. The Kier molecular flexibility index (Phi) is 13.1. The van der Waals surface area contributed by atoms with Crippen LogP contribution >= 0.6 is 0 Å². The third-order valence-corrected chi connectivity index (χ3v) is 3.48. The molecule has 0 aromatic heterocycles. The van der Waals surface area contributed by atoms with Crippen LogP contribution in [0.2, 0.25) is 0 Å². The molecule has 0 aromatic rings. The van der Waals surface area contributed by atoms with E-state index in [1.165, 1.54) is 6.92 Å². The lowest BCUT2D eigenvalue weighted by atomic mass is 10.0. The largest absolute Gasteiger partial charge is 0.463 e. The molecule has 0 saturated heterocycles. The van der Waals surface area contributed by atoms with E-state index in [0.717, 1.165) is 0 Å². The Hall–Kier alpha value is -0.770. The molecule has 0 bridgehead atoms. The van der Waals surface area contributed by atoms with Gasteiger partial charge in [0.25, 0.3) is 0 Å². The molecule has 4 N–H and O–H groups in total. The van der Waals surface area contributed by atoms with Crippen LogP contribution in [0.25, 0.3) is 0 Å². The summed E-state index contributed by atoms with van der Waals surface area (Å²) in [5, 5.41) is 37.3. The standard InChI is InChI=1S/C16H32O8/c1-4-14(6-13(21)5-11(2)23-12(3)20)24-16(9-19)10-22-15(7-17)8-18/h11,13-19,21H,4-10H2,1-3H3. The Labute approximate surface area is 143 Å². The van der Waals surface area contributed by atoms with Gasteiger partial charge in [0.05, 0.1) is 38.6 Å². The average Bonchev–Trinajstić information content (AvgIpc) is 2.52. The zero-order valence-electron chi connectivity index (χ0n) is 14.8. The van der Waals surface area contributed by atoms with Crippen LogP contribution in [0.5, 0.6) is 0 Å². The number of hydrogen-bond donors (Lipinski definition) is 4. The predicted molar refractivity (Wildman–Crippen MR) is 86.4 cm³/mol. The van der Waals surface area contributed by atoms with E-state index in [2.05, 4.69) is 0 Å². The maximum atomic E-state index is 10.9. The second-order valence-corrected chi connectivity index (χ2v) is 5.84. The van der Waals surface area contributed by atoms with Crippen LogP contribution in [0.1, 0.15) is 40.0 Å². The van der Waals surface area contributed by atoms with Gasteiger partial charge in [0.1, 0.15) is 18.3 Å². The molecule has 0 aliphatic rings. The van der Waals surface area contributed by atoms with Crippen molar-refractivity contribution in [1.29, 1.82) is 0 Å². The monoisotopic (exact) mass is 352 g/mol. The maximum Gasteiger partial charge on any atom is 0.302 e. The van der Waals surface area contributed by atoms with E-state index in [1.54, 1.807) is 6.92 Å². The van der Waals surface area contributed by atoms with Crippen LogP contribution in [-0.4, -0.2) is 83.3 Å². The van der Waals surface area contributed by atoms with Crippen LogP contribution in [-0.2, 0) is 19.0 Å². The molecule has 0 aromatic carbocycles. The van der Waals surface area contributed by atoms with Gasteiger partial charge in [-0.05, 0) is 19.8 Å². The Morgan fingerprint density at radius 1 is 1.00 bits per heavy atom. The fourth-order valence-electron chi connectivity index (χ4n) is 2.25. The van der Waals surface area contributed by atoms with Crippen LogP contribution in [0, 0.1) is 0 Å². The number of hydrogen-bond acceptors (Lipinski definition) is 8. The van der Waals surface area contributed by atoms with Crippen LogP contribution in [0.15, 0.2) is 0 Å². The summed E-state index contributed by atoms with van der Waals surface area (Å²) < 4.78 is 15.9. The van der Waals surface area contributed by atoms with Gasteiger partial charge in [-0.2, -0.15) is 0 Å². The van der Waals surface area contributed by atoms with Gasteiger partial charge in [-0.15, -0.1) is 0 Å². The number of ether oxygens (including phenoxy) is 3. The first-order valence-electron chi connectivity index (χ1n) is 8.31. The van der Waals surface area contributed by atoms with Gasteiger partial charge in [0.15, 0.2) is 0 Å². The molecule has 0 amide bonds. The maximum absolute atomic E-state index is 10.9. The summed E-state index contributed by atoms with van der Waals surface area (Å²) in [5.41, 5.74) is 0. The van der Waals surface area contributed by atoms with Crippen molar-refractivity contribution in [3.05, 3.63) is 0 Å². The third-order valence-electron chi connectivity index (χ3n) is 3.48. The minimum Gasteiger partial charge on any atom is -0.463 e. The number of aliphatic hydroxyl groups excluding tert-OH is 4. The zero-order chi connectivity index (χ0) is 18.5. The summed E-state index contributed by atoms with van der Waals surface area (Å²) in [5.74, 6) is -0.391. The molecule has 4 unspecified atom stereocenters. The first-order chi connectivity index (χ1) is 11.4. The van der Waals surface area contributed by atoms with E-state index in [9.17, 15) is 15.0 Å². The molecule has 24 heavy (non-hydrogen) atoms. The van der Waals surface area contributed by atoms with Crippen molar-refractivity contribution in [2.75, 3.05) is 26.4 Å². The Morgan fingerprint density at radius 3 is 2.04 bits per heavy atom. The predicted octanol–water partition coefficient (Wildman–Crippen LogP) is -0.395. The van der Waals surface area contributed by atoms with Crippen molar-refractivity contribution < 1.29 is 39.4 Å². The smallest absolute Gasteiger partial charge is 0.302 e. The summed E-state index contributed by atoms with van der Waals surface area (Å²) >= 11 is 0. The summed E-state index contributed by atoms with van der Waals surface area (Å²) in [6, 6.07) is 0. The first kappa shape index (κ1) is 23.2. The van der Waals surface area contributed by atoms with Gasteiger partial charge in [0, 0.05) is 13.3 Å². The molecule has 0 rings (SSSR count). The lowest BCUT2D eigenvalue weighted by Gasteiger charge is -2.26. The Morgan fingerprint density at radius 2 is 1.58 bits per heavy atom. The van der Waals surface area contributed by atoms with Gasteiger partial charge in [-0.3, -0.25) is 4.79 Å². The quantitative estimate of drug-likeness (QED) is 0.311. The lowest BCUT2D eigenvalue weighted by molar-refractivity contribution is -0.147. The highest BCUT2D eigenvalue weighted by Gasteiger charge is 2.21. The second-order valence-electron chi connectivity index (χ2n) is 5.84. The van der Waals surface area contributed by atoms with Crippen LogP contribution in [0.3, 0.4) is 0 Å². The topological polar surface area (TPSA) is 126 Å². The number of carbonyl (C=O) groups is 1. The van der Waals surface area contributed by atoms with Crippen molar-refractivity contribution in [2.45, 2.75) is 70.6 Å². The molecule has 0 aliphatic heterocycles. The van der Waals surface area contributed by atoms with Gasteiger partial charge in [-0.25, -0.2) is 0 Å². The van der Waals surface area contributed by atoms with Crippen molar-refractivity contribution >= 4 is 5.97 Å². The minimum absolute atomic E-state index is 0.0265. The molecule has 8 nitrogen and oxygen atoms in total. The molecule has 144 valence electrons. The van der Waals surface area contributed by atoms with Crippen LogP contribution in [0.4, 0.5) is 0 Å². The molecule has 0 saturated carbocycles. The van der Waals surface area contributed by atoms with Crippen molar-refractivity contribution in [1.82, 2.24) is 0 Å². The van der Waals surface area contributed by atoms with Gasteiger partial charge in [0.2, 0.25) is 0 Å². The molecule has 0 aliphatic carbocycles. The van der Waals surface area contributed by atoms with Crippen molar-refractivity contribution in [3.63, 3.8) is 0 Å². The Bertz CT molecular complexity index is 321. The molecular formula is C16H32O8. The highest BCUT2D eigenvalue weighted by molar-refractivity contribution is 5.66. The summed E-state index contributed by atoms with van der Waals surface area (Å²) in [7, 11) is 0. The summed E-state index contributed by atoms with van der Waals surface area (Å²) in [6.07, 6.45) is -1.45. The molecule has 0 heterocycles. The number of rotatable bonds is 14. The molecule has 0 radical (unpaired) electrons. The van der Waals surface area contributed by atoms with E-state index in [0.29, 0.717) is 19.3 Å². The van der Waals surface area contributed by atoms with E-state index >= 15 is 0 Å². The van der Waals surface area contributed by atoms with E-state index in [4.69, 9.17) is 24.4 Å². The van der Waals surface area contributed by atoms with Gasteiger partial charge < -0.3 is 34.6 Å². The first-order valence-corrected chi connectivity index (χ1v) is 8.31. The summed E-state index contributed by atoms with van der Waals surface area (Å²) in [6.45, 7) is 4.03. The van der Waals surface area contributed by atoms with Crippen LogP contribution < -0.4 is 0 Å². The number of aliphatic hydroxyl groups is 4. The fourth-order valence-corrected chi connectivity index (χ4v) is 2.25. The highest BCUT2D eigenvalue weighted by Crippen LogP contribution is 2.15. The highest BCUT2D eigenvalue weighted by atomic mass is 16.6. The van der Waals surface area contributed by atoms with Crippen molar-refractivity contribution in [3.8, 4) is 0 Å². The van der Waals surface area contributed by atoms with Gasteiger partial charge >= 0.3 is 5.97 Å². The normalized spacial score (nSPS) is 16.7. The average molecular weight is 352 g/mol. The molecule has 4 atom stereocenters. The number of carbonyl (C=O) groups excluding carboxylic acids is 1. The minimum atomic E-state index is -0.710. The number of esters is 1. The SMILES string of the molecule is CCC(CC(O)CC(C)OC(C)=O)OC(CO)COC(CO)CO. The van der Waals surface area contributed by atoms with Gasteiger partial charge in [-0.1, -0.05) is 6.92 Å². The lowest BCUT2D eigenvalue weighted by Crippen LogP contribution is -2.35. The fraction of sp³-hybridized carbons (Fsp3) is 0.938. The second kappa shape index (κ2) is 13.5.